The Morgan fingerprint density at radius 1 is 0.323 bits per heavy atom. The van der Waals surface area contributed by atoms with Gasteiger partial charge in [0.2, 0.25) is 0 Å². The fourth-order valence-electron chi connectivity index (χ4n) is 7.32. The van der Waals surface area contributed by atoms with Gasteiger partial charge >= 0.3 is 17.9 Å². The Balaban J connectivity index is 4.48. The third kappa shape index (κ3) is 51.4. The lowest BCUT2D eigenvalue weighted by molar-refractivity contribution is -0.167. The molecule has 372 valence electrons. The Kier molecular flexibility index (Phi) is 50.4. The molecule has 0 aromatic heterocycles. The second-order valence-corrected chi connectivity index (χ2v) is 17.8. The summed E-state index contributed by atoms with van der Waals surface area (Å²) >= 11 is 0. The van der Waals surface area contributed by atoms with Crippen molar-refractivity contribution in [3.8, 4) is 0 Å². The molecule has 0 saturated heterocycles. The number of unbranched alkanes of at least 4 members (excludes halogenated alkanes) is 23. The van der Waals surface area contributed by atoms with Crippen molar-refractivity contribution >= 4 is 17.9 Å². The molecule has 0 fully saturated rings. The molecule has 0 saturated carbocycles. The molecule has 0 bridgehead atoms. The van der Waals surface area contributed by atoms with Crippen LogP contribution in [0.5, 0.6) is 0 Å². The topological polar surface area (TPSA) is 78.9 Å². The number of carbonyl (C=O) groups excluding carboxylic acids is 3. The average molecular weight is 905 g/mol. The van der Waals surface area contributed by atoms with Gasteiger partial charge in [0.25, 0.3) is 0 Å². The summed E-state index contributed by atoms with van der Waals surface area (Å²) in [6.07, 6.45) is 68.5. The molecule has 0 unspecified atom stereocenters. The molecular formula is C59H100O6. The quantitative estimate of drug-likeness (QED) is 0.0262. The highest BCUT2D eigenvalue weighted by Gasteiger charge is 2.19. The Bertz CT molecular complexity index is 1270. The van der Waals surface area contributed by atoms with Gasteiger partial charge in [-0.2, -0.15) is 0 Å². The van der Waals surface area contributed by atoms with Gasteiger partial charge in [-0.05, 0) is 96.3 Å². The number of rotatable bonds is 48. The van der Waals surface area contributed by atoms with Crippen LogP contribution in [-0.4, -0.2) is 37.2 Å². The largest absolute Gasteiger partial charge is 0.462 e. The van der Waals surface area contributed by atoms with Crippen LogP contribution in [0.25, 0.3) is 0 Å². The van der Waals surface area contributed by atoms with Gasteiger partial charge < -0.3 is 14.2 Å². The SMILES string of the molecule is CC/C=C\C/C=C\C/C=C\C/C=C\CCCCCCC(=O)OC[C@H](COC(=O)CCCCCCCCCCCCCCCCC)OC(=O)CCCC/C=C\C/C=C\C/C=C\CCCCC. The Morgan fingerprint density at radius 3 is 1.00 bits per heavy atom. The first-order valence-corrected chi connectivity index (χ1v) is 27.1. The summed E-state index contributed by atoms with van der Waals surface area (Å²) in [6, 6.07) is 0. The monoisotopic (exact) mass is 905 g/mol. The Morgan fingerprint density at radius 2 is 0.600 bits per heavy atom. The maximum atomic E-state index is 12.8. The lowest BCUT2D eigenvalue weighted by Gasteiger charge is -2.18. The standard InChI is InChI=1S/C59H100O6/c1-4-7-10-13-16-19-22-25-28-29-32-34-37-40-43-46-49-52-58(61)64-55-56(65-59(62)53-50-47-44-41-38-35-31-27-24-21-18-15-12-9-6-3)54-63-57(60)51-48-45-42-39-36-33-30-26-23-20-17-14-11-8-5-2/h7,10,16,18-19,21,25,27-28,31-32,34,38,41,56H,4-6,8-9,11-15,17,20,22-24,26,29-30,33,35-37,39-40,42-55H2,1-3H3/b10-7-,19-16-,21-18-,28-25-,31-27-,34-32-,41-38-/t56-/m0/s1. The van der Waals surface area contributed by atoms with E-state index in [9.17, 15) is 14.4 Å². The molecule has 6 nitrogen and oxygen atoms in total. The molecule has 0 aliphatic heterocycles. The van der Waals surface area contributed by atoms with Gasteiger partial charge in [-0.1, -0.05) is 221 Å². The Labute approximate surface area is 401 Å². The summed E-state index contributed by atoms with van der Waals surface area (Å²) in [5.41, 5.74) is 0. The van der Waals surface area contributed by atoms with Crippen LogP contribution in [0.4, 0.5) is 0 Å². The van der Waals surface area contributed by atoms with Gasteiger partial charge in [0.05, 0.1) is 0 Å². The maximum Gasteiger partial charge on any atom is 0.306 e. The third-order valence-electron chi connectivity index (χ3n) is 11.4. The van der Waals surface area contributed by atoms with Crippen molar-refractivity contribution in [2.45, 2.75) is 258 Å². The van der Waals surface area contributed by atoms with E-state index in [1.54, 1.807) is 0 Å². The molecule has 0 radical (unpaired) electrons. The molecule has 1 atom stereocenters. The van der Waals surface area contributed by atoms with Crippen LogP contribution in [0.1, 0.15) is 252 Å². The van der Waals surface area contributed by atoms with Crippen LogP contribution in [0.2, 0.25) is 0 Å². The Hall–Kier alpha value is -3.41. The van der Waals surface area contributed by atoms with Crippen LogP contribution in [0, 0.1) is 0 Å². The molecule has 0 N–H and O–H groups in total. The molecule has 0 heterocycles. The third-order valence-corrected chi connectivity index (χ3v) is 11.4. The lowest BCUT2D eigenvalue weighted by Crippen LogP contribution is -2.30. The van der Waals surface area contributed by atoms with Crippen LogP contribution >= 0.6 is 0 Å². The highest BCUT2D eigenvalue weighted by Crippen LogP contribution is 2.15. The molecule has 0 aliphatic carbocycles. The van der Waals surface area contributed by atoms with Crippen LogP contribution in [0.15, 0.2) is 85.1 Å². The fourth-order valence-corrected chi connectivity index (χ4v) is 7.32. The zero-order valence-corrected chi connectivity index (χ0v) is 42.5. The van der Waals surface area contributed by atoms with Crippen molar-refractivity contribution in [1.82, 2.24) is 0 Å². The average Bonchev–Trinajstić information content (AvgIpc) is 3.30. The number of allylic oxidation sites excluding steroid dienone is 14. The van der Waals surface area contributed by atoms with E-state index in [0.717, 1.165) is 103 Å². The molecule has 0 aliphatic rings. The molecule has 0 aromatic carbocycles. The van der Waals surface area contributed by atoms with Crippen molar-refractivity contribution in [3.63, 3.8) is 0 Å². The van der Waals surface area contributed by atoms with Crippen LogP contribution in [0.3, 0.4) is 0 Å². The summed E-state index contributed by atoms with van der Waals surface area (Å²) in [5.74, 6) is -0.958. The van der Waals surface area contributed by atoms with Crippen molar-refractivity contribution in [2.75, 3.05) is 13.2 Å². The highest BCUT2D eigenvalue weighted by atomic mass is 16.6. The van der Waals surface area contributed by atoms with Crippen LogP contribution in [-0.2, 0) is 28.6 Å². The summed E-state index contributed by atoms with van der Waals surface area (Å²) in [5, 5.41) is 0. The van der Waals surface area contributed by atoms with E-state index in [0.29, 0.717) is 19.3 Å². The van der Waals surface area contributed by atoms with E-state index >= 15 is 0 Å². The minimum Gasteiger partial charge on any atom is -0.462 e. The zero-order valence-electron chi connectivity index (χ0n) is 42.5. The first kappa shape index (κ1) is 61.6. The summed E-state index contributed by atoms with van der Waals surface area (Å²) in [6.45, 7) is 6.45. The van der Waals surface area contributed by atoms with Crippen molar-refractivity contribution in [1.29, 1.82) is 0 Å². The summed E-state index contributed by atoms with van der Waals surface area (Å²) < 4.78 is 16.8. The van der Waals surface area contributed by atoms with Crippen molar-refractivity contribution in [2.24, 2.45) is 0 Å². The smallest absolute Gasteiger partial charge is 0.306 e. The molecule has 0 rings (SSSR count). The summed E-state index contributed by atoms with van der Waals surface area (Å²) in [4.78, 5) is 38.0. The molecule has 0 spiro atoms. The zero-order chi connectivity index (χ0) is 47.2. The van der Waals surface area contributed by atoms with Gasteiger partial charge in [0.15, 0.2) is 6.10 Å². The predicted octanol–water partition coefficient (Wildman–Crippen LogP) is 18.0. The van der Waals surface area contributed by atoms with E-state index < -0.39 is 6.10 Å². The fraction of sp³-hybridized carbons (Fsp3) is 0.712. The van der Waals surface area contributed by atoms with E-state index in [2.05, 4.69) is 106 Å². The highest BCUT2D eigenvalue weighted by molar-refractivity contribution is 5.71. The normalized spacial score (nSPS) is 12.7. The van der Waals surface area contributed by atoms with E-state index in [-0.39, 0.29) is 37.5 Å². The number of ether oxygens (including phenoxy) is 3. The minimum absolute atomic E-state index is 0.0984. The maximum absolute atomic E-state index is 12.8. The molecule has 0 amide bonds. The van der Waals surface area contributed by atoms with Gasteiger partial charge in [0, 0.05) is 19.3 Å². The second kappa shape index (κ2) is 53.2. The van der Waals surface area contributed by atoms with E-state index in [4.69, 9.17) is 14.2 Å². The first-order chi connectivity index (χ1) is 32.0. The van der Waals surface area contributed by atoms with Crippen molar-refractivity contribution < 1.29 is 28.6 Å². The second-order valence-electron chi connectivity index (χ2n) is 17.8. The minimum atomic E-state index is -0.805. The number of hydrogen-bond acceptors (Lipinski definition) is 6. The summed E-state index contributed by atoms with van der Waals surface area (Å²) in [7, 11) is 0. The number of carbonyl (C=O) groups is 3. The molecular weight excluding hydrogens is 805 g/mol. The number of hydrogen-bond donors (Lipinski definition) is 0. The van der Waals surface area contributed by atoms with Gasteiger partial charge in [-0.3, -0.25) is 14.4 Å². The van der Waals surface area contributed by atoms with E-state index in [1.807, 2.05) is 0 Å². The van der Waals surface area contributed by atoms with Gasteiger partial charge in [0.1, 0.15) is 13.2 Å². The van der Waals surface area contributed by atoms with Crippen LogP contribution < -0.4 is 0 Å². The van der Waals surface area contributed by atoms with Crippen molar-refractivity contribution in [3.05, 3.63) is 85.1 Å². The van der Waals surface area contributed by atoms with Gasteiger partial charge in [-0.25, -0.2) is 0 Å². The predicted molar refractivity (Wildman–Crippen MR) is 279 cm³/mol. The lowest BCUT2D eigenvalue weighted by atomic mass is 10.0. The molecule has 6 heteroatoms. The molecule has 0 aromatic rings. The molecule has 65 heavy (non-hydrogen) atoms. The first-order valence-electron chi connectivity index (χ1n) is 27.1. The van der Waals surface area contributed by atoms with Gasteiger partial charge in [-0.15, -0.1) is 0 Å². The van der Waals surface area contributed by atoms with E-state index in [1.165, 1.54) is 103 Å². The number of esters is 3.